The number of nitrogens with one attached hydrogen (secondary N) is 2. The molecule has 1 aromatic rings. The Morgan fingerprint density at radius 1 is 1.19 bits per heavy atom. The van der Waals surface area contributed by atoms with Crippen molar-refractivity contribution in [1.29, 1.82) is 0 Å². The molecule has 1 fully saturated rings. The minimum absolute atomic E-state index is 0.0520. The lowest BCUT2D eigenvalue weighted by Crippen LogP contribution is -2.50. The maximum Gasteiger partial charge on any atom is 0.253 e. The van der Waals surface area contributed by atoms with Crippen LogP contribution in [0.2, 0.25) is 0 Å². The molecule has 0 aromatic heterocycles. The second-order valence-corrected chi connectivity index (χ2v) is 5.25. The average Bonchev–Trinajstić information content (AvgIpc) is 2.45. The summed E-state index contributed by atoms with van der Waals surface area (Å²) in [6.07, 6.45) is 0. The summed E-state index contributed by atoms with van der Waals surface area (Å²) in [5.74, 6) is 0.252. The molecule has 1 aliphatic rings. The number of nitrogens with zero attached hydrogens (tertiary/aromatic N) is 1. The topological polar surface area (TPSA) is 61.4 Å². The van der Waals surface area contributed by atoms with Crippen molar-refractivity contribution < 1.29 is 9.59 Å². The van der Waals surface area contributed by atoms with E-state index in [-0.39, 0.29) is 17.7 Å². The molecule has 2 N–H and O–H groups in total. The van der Waals surface area contributed by atoms with Gasteiger partial charge in [0.1, 0.15) is 0 Å². The first-order chi connectivity index (χ1) is 10.2. The Morgan fingerprint density at radius 2 is 1.81 bits per heavy atom. The van der Waals surface area contributed by atoms with E-state index in [0.717, 1.165) is 18.7 Å². The van der Waals surface area contributed by atoms with Crippen LogP contribution in [0.4, 0.5) is 0 Å². The quantitative estimate of drug-likeness (QED) is 0.821. The summed E-state index contributed by atoms with van der Waals surface area (Å²) in [5, 5.41) is 6.00. The summed E-state index contributed by atoms with van der Waals surface area (Å²) >= 11 is 0. The Hall–Kier alpha value is -1.88. The van der Waals surface area contributed by atoms with Crippen molar-refractivity contribution in [2.24, 2.45) is 5.92 Å². The van der Waals surface area contributed by atoms with Gasteiger partial charge >= 0.3 is 0 Å². The molecule has 0 aliphatic carbocycles. The van der Waals surface area contributed by atoms with Gasteiger partial charge in [0.05, 0.1) is 5.92 Å². The maximum absolute atomic E-state index is 12.2. The lowest BCUT2D eigenvalue weighted by molar-refractivity contribution is -0.126. The molecule has 114 valence electrons. The first kappa shape index (κ1) is 15.5. The number of rotatable bonds is 6. The smallest absolute Gasteiger partial charge is 0.253 e. The molecule has 1 heterocycles. The molecule has 0 radical (unpaired) electrons. The highest BCUT2D eigenvalue weighted by Crippen LogP contribution is 2.09. The van der Waals surface area contributed by atoms with Crippen molar-refractivity contribution in [1.82, 2.24) is 15.5 Å². The predicted molar refractivity (Wildman–Crippen MR) is 81.9 cm³/mol. The molecule has 5 nitrogen and oxygen atoms in total. The van der Waals surface area contributed by atoms with E-state index < -0.39 is 0 Å². The van der Waals surface area contributed by atoms with Gasteiger partial charge in [0.2, 0.25) is 5.91 Å². The normalized spacial score (nSPS) is 14.4. The Balaban J connectivity index is 1.89. The summed E-state index contributed by atoms with van der Waals surface area (Å²) in [4.78, 5) is 25.7. The second kappa shape index (κ2) is 7.22. The van der Waals surface area contributed by atoms with Gasteiger partial charge in [-0.3, -0.25) is 9.59 Å². The molecule has 0 atom stereocenters. The minimum atomic E-state index is 0.0520. The predicted octanol–water partition coefficient (Wildman–Crippen LogP) is 1.00. The number of benzene rings is 1. The summed E-state index contributed by atoms with van der Waals surface area (Å²) < 4.78 is 0. The first-order valence-corrected chi connectivity index (χ1v) is 7.52. The van der Waals surface area contributed by atoms with E-state index in [2.05, 4.69) is 10.6 Å². The minimum Gasteiger partial charge on any atom is -0.352 e. The summed E-state index contributed by atoms with van der Waals surface area (Å²) in [6.45, 7) is 7.41. The molecular weight excluding hydrogens is 266 g/mol. The highest BCUT2D eigenvalue weighted by molar-refractivity contribution is 5.94. The molecule has 1 aromatic carbocycles. The van der Waals surface area contributed by atoms with Crippen LogP contribution in [0.25, 0.3) is 0 Å². The fourth-order valence-electron chi connectivity index (χ4n) is 2.27. The zero-order valence-electron chi connectivity index (χ0n) is 12.7. The van der Waals surface area contributed by atoms with Crippen molar-refractivity contribution in [3.8, 4) is 0 Å². The van der Waals surface area contributed by atoms with Gasteiger partial charge in [-0.1, -0.05) is 12.1 Å². The van der Waals surface area contributed by atoms with E-state index in [4.69, 9.17) is 0 Å². The van der Waals surface area contributed by atoms with Crippen molar-refractivity contribution in [2.45, 2.75) is 20.4 Å². The third-order valence-electron chi connectivity index (χ3n) is 3.87. The molecule has 1 saturated heterocycles. The standard InChI is InChI=1S/C16H23N3O2/c1-3-19(4-2)16(21)13-7-5-12(6-8-13)9-18-15(20)14-10-17-11-14/h5-8,14,17H,3-4,9-11H2,1-2H3,(H,18,20). The zero-order valence-corrected chi connectivity index (χ0v) is 12.7. The van der Waals surface area contributed by atoms with Gasteiger partial charge in [-0.05, 0) is 31.5 Å². The number of carbonyl (C=O) groups excluding carboxylic acids is 2. The van der Waals surface area contributed by atoms with Crippen LogP contribution in [-0.4, -0.2) is 42.9 Å². The zero-order chi connectivity index (χ0) is 15.2. The van der Waals surface area contributed by atoms with Crippen molar-refractivity contribution in [3.05, 3.63) is 35.4 Å². The monoisotopic (exact) mass is 289 g/mol. The third kappa shape index (κ3) is 3.82. The summed E-state index contributed by atoms with van der Waals surface area (Å²) in [5.41, 5.74) is 1.70. The molecule has 21 heavy (non-hydrogen) atoms. The van der Waals surface area contributed by atoms with Gasteiger partial charge in [0.15, 0.2) is 0 Å². The SMILES string of the molecule is CCN(CC)C(=O)c1ccc(CNC(=O)C2CNC2)cc1. The van der Waals surface area contributed by atoms with Gasteiger partial charge in [-0.2, -0.15) is 0 Å². The van der Waals surface area contributed by atoms with Gasteiger partial charge < -0.3 is 15.5 Å². The van der Waals surface area contributed by atoms with E-state index in [1.807, 2.05) is 38.1 Å². The van der Waals surface area contributed by atoms with E-state index in [1.165, 1.54) is 0 Å². The van der Waals surface area contributed by atoms with Gasteiger partial charge in [0, 0.05) is 38.3 Å². The third-order valence-corrected chi connectivity index (χ3v) is 3.87. The molecular formula is C16H23N3O2. The van der Waals surface area contributed by atoms with E-state index in [0.29, 0.717) is 25.2 Å². The Labute approximate surface area is 125 Å². The molecule has 5 heteroatoms. The maximum atomic E-state index is 12.2. The fraction of sp³-hybridized carbons (Fsp3) is 0.500. The molecule has 2 rings (SSSR count). The summed E-state index contributed by atoms with van der Waals surface area (Å²) in [7, 11) is 0. The summed E-state index contributed by atoms with van der Waals surface area (Å²) in [6, 6.07) is 7.45. The Morgan fingerprint density at radius 3 is 2.29 bits per heavy atom. The molecule has 0 unspecified atom stereocenters. The number of carbonyl (C=O) groups is 2. The van der Waals surface area contributed by atoms with Gasteiger partial charge in [0.25, 0.3) is 5.91 Å². The Kier molecular flexibility index (Phi) is 5.33. The van der Waals surface area contributed by atoms with Crippen molar-refractivity contribution in [3.63, 3.8) is 0 Å². The van der Waals surface area contributed by atoms with Crippen LogP contribution in [0.3, 0.4) is 0 Å². The molecule has 0 saturated carbocycles. The molecule has 1 aliphatic heterocycles. The average molecular weight is 289 g/mol. The highest BCUT2D eigenvalue weighted by atomic mass is 16.2. The van der Waals surface area contributed by atoms with E-state index in [1.54, 1.807) is 4.90 Å². The van der Waals surface area contributed by atoms with Crippen LogP contribution in [0.5, 0.6) is 0 Å². The second-order valence-electron chi connectivity index (χ2n) is 5.25. The number of hydrogen-bond acceptors (Lipinski definition) is 3. The van der Waals surface area contributed by atoms with Crippen molar-refractivity contribution >= 4 is 11.8 Å². The first-order valence-electron chi connectivity index (χ1n) is 7.52. The van der Waals surface area contributed by atoms with Gasteiger partial charge in [-0.25, -0.2) is 0 Å². The molecule has 0 bridgehead atoms. The number of hydrogen-bond donors (Lipinski definition) is 2. The van der Waals surface area contributed by atoms with Crippen LogP contribution in [0.1, 0.15) is 29.8 Å². The van der Waals surface area contributed by atoms with Crippen LogP contribution in [0.15, 0.2) is 24.3 Å². The van der Waals surface area contributed by atoms with Gasteiger partial charge in [-0.15, -0.1) is 0 Å². The Bertz CT molecular complexity index is 491. The lowest BCUT2D eigenvalue weighted by Gasteiger charge is -2.25. The molecule has 0 spiro atoms. The fourth-order valence-corrected chi connectivity index (χ4v) is 2.27. The van der Waals surface area contributed by atoms with Crippen LogP contribution in [0, 0.1) is 5.92 Å². The van der Waals surface area contributed by atoms with Crippen LogP contribution < -0.4 is 10.6 Å². The van der Waals surface area contributed by atoms with E-state index in [9.17, 15) is 9.59 Å². The molecule has 2 amide bonds. The van der Waals surface area contributed by atoms with Crippen LogP contribution >= 0.6 is 0 Å². The largest absolute Gasteiger partial charge is 0.352 e. The van der Waals surface area contributed by atoms with E-state index >= 15 is 0 Å². The lowest BCUT2D eigenvalue weighted by atomic mass is 10.0. The van der Waals surface area contributed by atoms with Crippen LogP contribution in [-0.2, 0) is 11.3 Å². The van der Waals surface area contributed by atoms with Crippen molar-refractivity contribution in [2.75, 3.05) is 26.2 Å². The highest BCUT2D eigenvalue weighted by Gasteiger charge is 2.24. The number of amides is 2.